The molecule has 0 heterocycles. The number of unbranched alkanes of at least 4 members (excludes halogenated alkanes) is 8. The average molecular weight is 241 g/mol. The summed E-state index contributed by atoms with van der Waals surface area (Å²) in [5.41, 5.74) is 6.42. The molecule has 0 fully saturated rings. The molecule has 0 unspecified atom stereocenters. The van der Waals surface area contributed by atoms with Gasteiger partial charge in [-0.2, -0.15) is 0 Å². The highest BCUT2D eigenvalue weighted by Gasteiger charge is 2.18. The van der Waals surface area contributed by atoms with Gasteiger partial charge in [0.25, 0.3) is 0 Å². The van der Waals surface area contributed by atoms with Gasteiger partial charge < -0.3 is 5.73 Å². The average Bonchev–Trinajstić information content (AvgIpc) is 2.36. The molecule has 104 valence electrons. The summed E-state index contributed by atoms with van der Waals surface area (Å²) in [4.78, 5) is 0. The van der Waals surface area contributed by atoms with Crippen molar-refractivity contribution < 1.29 is 0 Å². The van der Waals surface area contributed by atoms with Gasteiger partial charge in [0.15, 0.2) is 0 Å². The van der Waals surface area contributed by atoms with Gasteiger partial charge in [-0.3, -0.25) is 0 Å². The van der Waals surface area contributed by atoms with Crippen LogP contribution in [0.4, 0.5) is 0 Å². The fraction of sp³-hybridized carbons (Fsp3) is 1.00. The lowest BCUT2D eigenvalue weighted by atomic mass is 9.88. The maximum Gasteiger partial charge on any atom is 0.0149 e. The molecule has 0 radical (unpaired) electrons. The third-order valence-electron chi connectivity index (χ3n) is 4.19. The Morgan fingerprint density at radius 2 is 1.06 bits per heavy atom. The second kappa shape index (κ2) is 11.1. The monoisotopic (exact) mass is 241 g/mol. The minimum absolute atomic E-state index is 0.126. The fourth-order valence-corrected chi connectivity index (χ4v) is 2.39. The molecule has 0 saturated heterocycles. The van der Waals surface area contributed by atoms with Crippen molar-refractivity contribution in [1.82, 2.24) is 0 Å². The highest BCUT2D eigenvalue weighted by molar-refractivity contribution is 4.80. The van der Waals surface area contributed by atoms with Crippen molar-refractivity contribution in [2.45, 2.75) is 103 Å². The lowest BCUT2D eigenvalue weighted by Crippen LogP contribution is -2.38. The molecule has 0 aliphatic carbocycles. The van der Waals surface area contributed by atoms with Crippen molar-refractivity contribution in [2.24, 2.45) is 5.73 Å². The maximum atomic E-state index is 6.29. The second-order valence-corrected chi connectivity index (χ2v) is 5.65. The molecule has 2 N–H and O–H groups in total. The summed E-state index contributed by atoms with van der Waals surface area (Å²) < 4.78 is 0. The van der Waals surface area contributed by atoms with Gasteiger partial charge in [0.1, 0.15) is 0 Å². The van der Waals surface area contributed by atoms with Crippen molar-refractivity contribution in [3.8, 4) is 0 Å². The number of rotatable bonds is 12. The Hall–Kier alpha value is -0.0400. The molecule has 0 aromatic heterocycles. The smallest absolute Gasteiger partial charge is 0.0149 e. The van der Waals surface area contributed by atoms with Gasteiger partial charge in [-0.25, -0.2) is 0 Å². The normalized spacial score (nSPS) is 12.0. The molecular formula is C16H35N. The lowest BCUT2D eigenvalue weighted by molar-refractivity contribution is 0.350. The number of nitrogens with two attached hydrogens (primary N) is 1. The van der Waals surface area contributed by atoms with Crippen LogP contribution in [0, 0.1) is 0 Å². The third-order valence-corrected chi connectivity index (χ3v) is 4.19. The summed E-state index contributed by atoms with van der Waals surface area (Å²) in [5.74, 6) is 0. The van der Waals surface area contributed by atoms with Crippen molar-refractivity contribution in [3.63, 3.8) is 0 Å². The Bertz CT molecular complexity index is 150. The first-order valence-electron chi connectivity index (χ1n) is 7.97. The zero-order chi connectivity index (χ0) is 13.0. The maximum absolute atomic E-state index is 6.29. The molecule has 0 aliphatic rings. The fourth-order valence-electron chi connectivity index (χ4n) is 2.39. The standard InChI is InChI=1S/C16H35N/c1-4-7-8-9-10-11-12-13-14-15-16(17,5-2)6-3/h4-15,17H2,1-3H3. The molecule has 0 spiro atoms. The number of hydrogen-bond acceptors (Lipinski definition) is 1. The quantitative estimate of drug-likeness (QED) is 0.453. The molecule has 1 heteroatoms. The van der Waals surface area contributed by atoms with Gasteiger partial charge in [0, 0.05) is 5.54 Å². The van der Waals surface area contributed by atoms with Crippen LogP contribution >= 0.6 is 0 Å². The van der Waals surface area contributed by atoms with E-state index in [1.807, 2.05) is 0 Å². The van der Waals surface area contributed by atoms with Gasteiger partial charge in [-0.15, -0.1) is 0 Å². The molecule has 17 heavy (non-hydrogen) atoms. The van der Waals surface area contributed by atoms with E-state index in [1.54, 1.807) is 0 Å². The van der Waals surface area contributed by atoms with Crippen molar-refractivity contribution in [3.05, 3.63) is 0 Å². The molecule has 0 amide bonds. The van der Waals surface area contributed by atoms with E-state index >= 15 is 0 Å². The topological polar surface area (TPSA) is 26.0 Å². The summed E-state index contributed by atoms with van der Waals surface area (Å²) in [6.07, 6.45) is 16.1. The van der Waals surface area contributed by atoms with E-state index in [1.165, 1.54) is 64.2 Å². The predicted octanol–water partition coefficient (Wildman–Crippen LogP) is 5.42. The summed E-state index contributed by atoms with van der Waals surface area (Å²) >= 11 is 0. The summed E-state index contributed by atoms with van der Waals surface area (Å²) in [6.45, 7) is 6.72. The van der Waals surface area contributed by atoms with Gasteiger partial charge in [0.05, 0.1) is 0 Å². The minimum Gasteiger partial charge on any atom is -0.325 e. The third kappa shape index (κ3) is 9.64. The van der Waals surface area contributed by atoms with Crippen LogP contribution in [-0.4, -0.2) is 5.54 Å². The highest BCUT2D eigenvalue weighted by Crippen LogP contribution is 2.20. The highest BCUT2D eigenvalue weighted by atomic mass is 14.7. The van der Waals surface area contributed by atoms with E-state index in [-0.39, 0.29) is 5.54 Å². The van der Waals surface area contributed by atoms with E-state index in [0.29, 0.717) is 0 Å². The van der Waals surface area contributed by atoms with Crippen LogP contribution in [0.15, 0.2) is 0 Å². The van der Waals surface area contributed by atoms with Crippen LogP contribution in [0.1, 0.15) is 97.8 Å². The summed E-state index contributed by atoms with van der Waals surface area (Å²) in [7, 11) is 0. The van der Waals surface area contributed by atoms with Crippen molar-refractivity contribution in [2.75, 3.05) is 0 Å². The lowest BCUT2D eigenvalue weighted by Gasteiger charge is -2.26. The van der Waals surface area contributed by atoms with E-state index in [9.17, 15) is 0 Å². The van der Waals surface area contributed by atoms with Crippen LogP contribution in [0.2, 0.25) is 0 Å². The minimum atomic E-state index is 0.126. The van der Waals surface area contributed by atoms with Crippen LogP contribution in [-0.2, 0) is 0 Å². The molecule has 0 saturated carbocycles. The Morgan fingerprint density at radius 1 is 0.647 bits per heavy atom. The van der Waals surface area contributed by atoms with Crippen LogP contribution in [0.5, 0.6) is 0 Å². The van der Waals surface area contributed by atoms with Gasteiger partial charge >= 0.3 is 0 Å². The molecule has 0 bridgehead atoms. The molecular weight excluding hydrogens is 206 g/mol. The summed E-state index contributed by atoms with van der Waals surface area (Å²) in [6, 6.07) is 0. The first-order valence-corrected chi connectivity index (χ1v) is 7.97. The van der Waals surface area contributed by atoms with Crippen LogP contribution in [0.25, 0.3) is 0 Å². The van der Waals surface area contributed by atoms with Crippen LogP contribution < -0.4 is 5.73 Å². The first-order chi connectivity index (χ1) is 8.18. The summed E-state index contributed by atoms with van der Waals surface area (Å²) in [5, 5.41) is 0. The first kappa shape index (κ1) is 17.0. The molecule has 1 nitrogen and oxygen atoms in total. The second-order valence-electron chi connectivity index (χ2n) is 5.65. The SMILES string of the molecule is CCCCCCCCCCCC(N)(CC)CC. The zero-order valence-electron chi connectivity index (χ0n) is 12.6. The van der Waals surface area contributed by atoms with Gasteiger partial charge in [-0.1, -0.05) is 78.6 Å². The van der Waals surface area contributed by atoms with Crippen molar-refractivity contribution in [1.29, 1.82) is 0 Å². The largest absolute Gasteiger partial charge is 0.325 e. The molecule has 0 atom stereocenters. The van der Waals surface area contributed by atoms with Gasteiger partial charge in [-0.05, 0) is 19.3 Å². The van der Waals surface area contributed by atoms with E-state index in [2.05, 4.69) is 20.8 Å². The zero-order valence-corrected chi connectivity index (χ0v) is 12.6. The molecule has 0 rings (SSSR count). The Balaban J connectivity index is 3.23. The Morgan fingerprint density at radius 3 is 1.47 bits per heavy atom. The predicted molar refractivity (Wildman–Crippen MR) is 79.3 cm³/mol. The Labute approximate surface area is 110 Å². The molecule has 0 aromatic rings. The van der Waals surface area contributed by atoms with E-state index in [4.69, 9.17) is 5.73 Å². The van der Waals surface area contributed by atoms with E-state index in [0.717, 1.165) is 12.8 Å². The van der Waals surface area contributed by atoms with Crippen LogP contribution in [0.3, 0.4) is 0 Å². The molecule has 0 aliphatic heterocycles. The van der Waals surface area contributed by atoms with Crippen molar-refractivity contribution >= 4 is 0 Å². The number of hydrogen-bond donors (Lipinski definition) is 1. The molecule has 0 aromatic carbocycles. The van der Waals surface area contributed by atoms with Gasteiger partial charge in [0.2, 0.25) is 0 Å². The Kier molecular flexibility index (Phi) is 11.0. The van der Waals surface area contributed by atoms with E-state index < -0.39 is 0 Å².